The van der Waals surface area contributed by atoms with Crippen molar-refractivity contribution in [1.82, 2.24) is 9.97 Å². The molecule has 5 heteroatoms. The van der Waals surface area contributed by atoms with Crippen LogP contribution in [0.1, 0.15) is 16.8 Å². The Kier molecular flexibility index (Phi) is 4.24. The third-order valence-corrected chi connectivity index (χ3v) is 4.45. The Morgan fingerprint density at radius 3 is 2.50 bits per heavy atom. The van der Waals surface area contributed by atoms with Crippen LogP contribution in [0.4, 0.5) is 5.95 Å². The Morgan fingerprint density at radius 1 is 1.18 bits per heavy atom. The van der Waals surface area contributed by atoms with Crippen molar-refractivity contribution in [3.8, 4) is 0 Å². The summed E-state index contributed by atoms with van der Waals surface area (Å²) in [5, 5.41) is 0. The fourth-order valence-corrected chi connectivity index (χ4v) is 2.88. The molecule has 0 radical (unpaired) electrons. The molecule has 0 amide bonds. The average Bonchev–Trinajstić information content (AvgIpc) is 2.54. The summed E-state index contributed by atoms with van der Waals surface area (Å²) in [4.78, 5) is 23.1. The number of H-pyrrole nitrogens is 1. The smallest absolute Gasteiger partial charge is 0.255 e. The standard InChI is InChI=1S/C17H22N4O/c1-13-14(2)18-17(19-16(13)22)21-10-8-20(9-11-21)12-15-6-4-3-5-7-15/h3-7H,8-12H2,1-2H3,(H,18,19,22)/p+1. The summed E-state index contributed by atoms with van der Waals surface area (Å²) >= 11 is 0. The number of aryl methyl sites for hydroxylation is 1. The van der Waals surface area contributed by atoms with Crippen LogP contribution < -0.4 is 15.4 Å². The zero-order valence-corrected chi connectivity index (χ0v) is 13.2. The molecule has 1 aromatic carbocycles. The number of hydrogen-bond acceptors (Lipinski definition) is 3. The first-order valence-electron chi connectivity index (χ1n) is 7.83. The van der Waals surface area contributed by atoms with Gasteiger partial charge in [0.05, 0.1) is 26.2 Å². The molecule has 2 aromatic rings. The van der Waals surface area contributed by atoms with Crippen molar-refractivity contribution in [3.63, 3.8) is 0 Å². The number of nitrogens with zero attached hydrogens (tertiary/aromatic N) is 2. The average molecular weight is 299 g/mol. The highest BCUT2D eigenvalue weighted by Crippen LogP contribution is 2.07. The molecule has 5 nitrogen and oxygen atoms in total. The van der Waals surface area contributed by atoms with Crippen molar-refractivity contribution in [3.05, 3.63) is 57.5 Å². The summed E-state index contributed by atoms with van der Waals surface area (Å²) in [6.07, 6.45) is 0. The SMILES string of the molecule is Cc1nc(N2CC[NH+](Cc3ccccc3)CC2)[nH]c(=O)c1C. The second-order valence-corrected chi connectivity index (χ2v) is 6.00. The number of quaternary nitrogens is 1. The van der Waals surface area contributed by atoms with Crippen molar-refractivity contribution < 1.29 is 4.90 Å². The van der Waals surface area contributed by atoms with Gasteiger partial charge in [-0.3, -0.25) is 9.78 Å². The molecule has 3 rings (SSSR count). The first-order chi connectivity index (χ1) is 10.6. The van der Waals surface area contributed by atoms with Gasteiger partial charge in [-0.1, -0.05) is 30.3 Å². The Bertz CT molecular complexity index is 688. The molecule has 0 unspecified atom stereocenters. The number of anilines is 1. The Balaban J connectivity index is 1.63. The number of rotatable bonds is 3. The lowest BCUT2D eigenvalue weighted by atomic mass is 10.2. The molecule has 2 N–H and O–H groups in total. The van der Waals surface area contributed by atoms with Crippen molar-refractivity contribution in [2.45, 2.75) is 20.4 Å². The van der Waals surface area contributed by atoms with Crippen LogP contribution in [0.2, 0.25) is 0 Å². The molecule has 22 heavy (non-hydrogen) atoms. The van der Waals surface area contributed by atoms with Crippen LogP contribution in [-0.4, -0.2) is 36.1 Å². The molecule has 1 fully saturated rings. The molecule has 0 spiro atoms. The van der Waals surface area contributed by atoms with E-state index in [0.717, 1.165) is 38.4 Å². The second kappa shape index (κ2) is 6.32. The summed E-state index contributed by atoms with van der Waals surface area (Å²) in [6, 6.07) is 10.6. The summed E-state index contributed by atoms with van der Waals surface area (Å²) in [7, 11) is 0. The number of nitrogens with one attached hydrogen (secondary N) is 2. The van der Waals surface area contributed by atoms with Gasteiger partial charge in [-0.25, -0.2) is 4.98 Å². The minimum atomic E-state index is -0.0263. The predicted molar refractivity (Wildman–Crippen MR) is 87.4 cm³/mol. The lowest BCUT2D eigenvalue weighted by molar-refractivity contribution is -0.914. The molecule has 1 aromatic heterocycles. The fraction of sp³-hybridized carbons (Fsp3) is 0.412. The van der Waals surface area contributed by atoms with E-state index in [-0.39, 0.29) is 5.56 Å². The highest BCUT2D eigenvalue weighted by molar-refractivity contribution is 5.32. The van der Waals surface area contributed by atoms with Gasteiger partial charge in [-0.2, -0.15) is 0 Å². The highest BCUT2D eigenvalue weighted by atomic mass is 16.1. The lowest BCUT2D eigenvalue weighted by Gasteiger charge is -2.32. The minimum Gasteiger partial charge on any atom is -0.331 e. The summed E-state index contributed by atoms with van der Waals surface area (Å²) in [5.74, 6) is 0.715. The molecule has 0 bridgehead atoms. The third-order valence-electron chi connectivity index (χ3n) is 4.45. The Labute approximate surface area is 130 Å². The molecule has 2 heterocycles. The molecule has 1 aliphatic heterocycles. The zero-order valence-electron chi connectivity index (χ0n) is 13.2. The van der Waals surface area contributed by atoms with E-state index in [1.54, 1.807) is 4.90 Å². The van der Waals surface area contributed by atoms with Gasteiger partial charge in [0.15, 0.2) is 0 Å². The first-order valence-corrected chi connectivity index (χ1v) is 7.83. The van der Waals surface area contributed by atoms with Crippen LogP contribution in [0.25, 0.3) is 0 Å². The van der Waals surface area contributed by atoms with Gasteiger partial charge in [0, 0.05) is 16.8 Å². The van der Waals surface area contributed by atoms with Gasteiger partial charge in [0.25, 0.3) is 5.56 Å². The van der Waals surface area contributed by atoms with E-state index in [1.807, 2.05) is 13.8 Å². The second-order valence-electron chi connectivity index (χ2n) is 6.00. The molecule has 1 aliphatic rings. The van der Waals surface area contributed by atoms with Gasteiger partial charge in [0.1, 0.15) is 6.54 Å². The van der Waals surface area contributed by atoms with Crippen molar-refractivity contribution in [1.29, 1.82) is 0 Å². The maximum atomic E-state index is 11.9. The van der Waals surface area contributed by atoms with E-state index in [2.05, 4.69) is 45.2 Å². The maximum absolute atomic E-state index is 11.9. The fourth-order valence-electron chi connectivity index (χ4n) is 2.88. The first kappa shape index (κ1) is 14.8. The minimum absolute atomic E-state index is 0.0263. The number of piperazine rings is 1. The molecule has 0 aliphatic carbocycles. The van der Waals surface area contributed by atoms with Crippen LogP contribution in [-0.2, 0) is 6.54 Å². The van der Waals surface area contributed by atoms with Crippen LogP contribution in [0.3, 0.4) is 0 Å². The Hall–Kier alpha value is -2.14. The summed E-state index contributed by atoms with van der Waals surface area (Å²) in [6.45, 7) is 8.74. The molecule has 1 saturated heterocycles. The largest absolute Gasteiger partial charge is 0.331 e. The number of benzene rings is 1. The summed E-state index contributed by atoms with van der Waals surface area (Å²) < 4.78 is 0. The van der Waals surface area contributed by atoms with Crippen molar-refractivity contribution in [2.24, 2.45) is 0 Å². The Morgan fingerprint density at radius 2 is 1.86 bits per heavy atom. The van der Waals surface area contributed by atoms with Gasteiger partial charge in [-0.05, 0) is 13.8 Å². The zero-order chi connectivity index (χ0) is 15.5. The van der Waals surface area contributed by atoms with E-state index in [9.17, 15) is 4.79 Å². The van der Waals surface area contributed by atoms with Crippen LogP contribution in [0.5, 0.6) is 0 Å². The molecular formula is C17H23N4O+. The van der Waals surface area contributed by atoms with Gasteiger partial charge in [-0.15, -0.1) is 0 Å². The van der Waals surface area contributed by atoms with Gasteiger partial charge in [0.2, 0.25) is 5.95 Å². The number of hydrogen-bond donors (Lipinski definition) is 2. The van der Waals surface area contributed by atoms with E-state index in [0.29, 0.717) is 11.5 Å². The van der Waals surface area contributed by atoms with E-state index >= 15 is 0 Å². The quantitative estimate of drug-likeness (QED) is 0.857. The van der Waals surface area contributed by atoms with E-state index in [1.165, 1.54) is 5.56 Å². The van der Waals surface area contributed by atoms with Gasteiger partial charge >= 0.3 is 0 Å². The highest BCUT2D eigenvalue weighted by Gasteiger charge is 2.22. The monoisotopic (exact) mass is 299 g/mol. The molecule has 116 valence electrons. The third kappa shape index (κ3) is 3.20. The van der Waals surface area contributed by atoms with E-state index in [4.69, 9.17) is 0 Å². The normalized spacial score (nSPS) is 16.0. The van der Waals surface area contributed by atoms with Crippen LogP contribution in [0, 0.1) is 13.8 Å². The number of aromatic nitrogens is 2. The van der Waals surface area contributed by atoms with E-state index < -0.39 is 0 Å². The maximum Gasteiger partial charge on any atom is 0.255 e. The predicted octanol–water partition coefficient (Wildman–Crippen LogP) is 0.292. The summed E-state index contributed by atoms with van der Waals surface area (Å²) in [5.41, 5.74) is 2.88. The number of aromatic amines is 1. The van der Waals surface area contributed by atoms with Crippen LogP contribution >= 0.6 is 0 Å². The molecular weight excluding hydrogens is 276 g/mol. The van der Waals surface area contributed by atoms with Crippen molar-refractivity contribution in [2.75, 3.05) is 31.1 Å². The van der Waals surface area contributed by atoms with Crippen molar-refractivity contribution >= 4 is 5.95 Å². The topological polar surface area (TPSA) is 53.4 Å². The van der Waals surface area contributed by atoms with Gasteiger partial charge < -0.3 is 9.80 Å². The lowest BCUT2D eigenvalue weighted by Crippen LogP contribution is -3.13. The van der Waals surface area contributed by atoms with Crippen LogP contribution in [0.15, 0.2) is 35.1 Å². The molecule has 0 saturated carbocycles. The molecule has 0 atom stereocenters.